The SMILES string of the molecule is COc1ccc(OCc2cc(N)ccc2Cl)c(Br)c1. The summed E-state index contributed by atoms with van der Waals surface area (Å²) >= 11 is 9.51. The largest absolute Gasteiger partial charge is 0.497 e. The molecule has 0 bridgehead atoms. The first-order chi connectivity index (χ1) is 9.10. The third-order valence-electron chi connectivity index (χ3n) is 2.59. The summed E-state index contributed by atoms with van der Waals surface area (Å²) in [6, 6.07) is 10.8. The van der Waals surface area contributed by atoms with Gasteiger partial charge in [-0.05, 0) is 52.3 Å². The Morgan fingerprint density at radius 2 is 2.00 bits per heavy atom. The minimum absolute atomic E-state index is 0.356. The lowest BCUT2D eigenvalue weighted by molar-refractivity contribution is 0.303. The van der Waals surface area contributed by atoms with E-state index in [9.17, 15) is 0 Å². The van der Waals surface area contributed by atoms with Gasteiger partial charge in [-0.15, -0.1) is 0 Å². The van der Waals surface area contributed by atoms with Crippen molar-refractivity contribution in [2.45, 2.75) is 6.61 Å². The third-order valence-corrected chi connectivity index (χ3v) is 3.58. The fourth-order valence-corrected chi connectivity index (χ4v) is 2.23. The molecule has 0 aromatic heterocycles. The van der Waals surface area contributed by atoms with Crippen LogP contribution in [-0.2, 0) is 6.61 Å². The zero-order valence-corrected chi connectivity index (χ0v) is 12.7. The second-order valence-electron chi connectivity index (χ2n) is 3.94. The number of nitrogen functional groups attached to an aromatic ring is 1. The zero-order valence-electron chi connectivity index (χ0n) is 10.3. The molecule has 0 saturated heterocycles. The van der Waals surface area contributed by atoms with Gasteiger partial charge in [-0.1, -0.05) is 11.6 Å². The maximum Gasteiger partial charge on any atom is 0.134 e. The Hall–Kier alpha value is -1.39. The molecule has 2 aromatic rings. The van der Waals surface area contributed by atoms with Crippen molar-refractivity contribution >= 4 is 33.2 Å². The Morgan fingerprint density at radius 3 is 2.68 bits per heavy atom. The van der Waals surface area contributed by atoms with Crippen LogP contribution in [0.1, 0.15) is 5.56 Å². The second-order valence-corrected chi connectivity index (χ2v) is 5.20. The predicted octanol–water partition coefficient (Wildman–Crippen LogP) is 4.27. The van der Waals surface area contributed by atoms with Crippen molar-refractivity contribution in [1.29, 1.82) is 0 Å². The quantitative estimate of drug-likeness (QED) is 0.844. The van der Waals surface area contributed by atoms with Crippen LogP contribution >= 0.6 is 27.5 Å². The topological polar surface area (TPSA) is 44.5 Å². The van der Waals surface area contributed by atoms with E-state index in [1.807, 2.05) is 18.2 Å². The number of hydrogen-bond acceptors (Lipinski definition) is 3. The lowest BCUT2D eigenvalue weighted by atomic mass is 10.2. The van der Waals surface area contributed by atoms with Gasteiger partial charge < -0.3 is 15.2 Å². The Labute approximate surface area is 125 Å². The van der Waals surface area contributed by atoms with Crippen molar-refractivity contribution in [2.24, 2.45) is 0 Å². The molecule has 0 heterocycles. The van der Waals surface area contributed by atoms with E-state index in [0.29, 0.717) is 17.3 Å². The Bertz CT molecular complexity index is 590. The number of halogens is 2. The van der Waals surface area contributed by atoms with Crippen molar-refractivity contribution in [3.8, 4) is 11.5 Å². The maximum atomic E-state index is 6.08. The molecule has 0 spiro atoms. The van der Waals surface area contributed by atoms with Crippen molar-refractivity contribution in [1.82, 2.24) is 0 Å². The van der Waals surface area contributed by atoms with Gasteiger partial charge in [-0.3, -0.25) is 0 Å². The smallest absolute Gasteiger partial charge is 0.134 e. The molecule has 100 valence electrons. The van der Waals surface area contributed by atoms with E-state index >= 15 is 0 Å². The van der Waals surface area contributed by atoms with Gasteiger partial charge >= 0.3 is 0 Å². The molecule has 0 amide bonds. The minimum Gasteiger partial charge on any atom is -0.497 e. The van der Waals surface area contributed by atoms with Crippen molar-refractivity contribution in [3.63, 3.8) is 0 Å². The average Bonchev–Trinajstić information content (AvgIpc) is 2.40. The van der Waals surface area contributed by atoms with E-state index in [1.54, 1.807) is 25.3 Å². The molecular formula is C14H13BrClNO2. The molecule has 0 unspecified atom stereocenters. The van der Waals surface area contributed by atoms with Gasteiger partial charge in [0.25, 0.3) is 0 Å². The predicted molar refractivity (Wildman–Crippen MR) is 80.9 cm³/mol. The summed E-state index contributed by atoms with van der Waals surface area (Å²) in [6.45, 7) is 0.356. The molecule has 2 N–H and O–H groups in total. The number of ether oxygens (including phenoxy) is 2. The Kier molecular flexibility index (Phi) is 4.56. The van der Waals surface area contributed by atoms with Gasteiger partial charge in [0, 0.05) is 16.3 Å². The van der Waals surface area contributed by atoms with Gasteiger partial charge in [0.2, 0.25) is 0 Å². The van der Waals surface area contributed by atoms with E-state index in [0.717, 1.165) is 21.5 Å². The number of nitrogens with two attached hydrogens (primary N) is 1. The summed E-state index contributed by atoms with van der Waals surface area (Å²) in [6.07, 6.45) is 0. The van der Waals surface area contributed by atoms with Crippen LogP contribution in [-0.4, -0.2) is 7.11 Å². The van der Waals surface area contributed by atoms with Crippen LogP contribution in [0.15, 0.2) is 40.9 Å². The first-order valence-electron chi connectivity index (χ1n) is 5.60. The summed E-state index contributed by atoms with van der Waals surface area (Å²) in [5, 5.41) is 0.638. The molecule has 2 rings (SSSR count). The van der Waals surface area contributed by atoms with E-state index in [2.05, 4.69) is 15.9 Å². The highest BCUT2D eigenvalue weighted by Gasteiger charge is 2.06. The molecule has 19 heavy (non-hydrogen) atoms. The number of rotatable bonds is 4. The number of anilines is 1. The molecule has 0 aliphatic heterocycles. The van der Waals surface area contributed by atoms with E-state index in [-0.39, 0.29) is 0 Å². The lowest BCUT2D eigenvalue weighted by Crippen LogP contribution is -1.98. The van der Waals surface area contributed by atoms with Crippen LogP contribution in [0, 0.1) is 0 Å². The number of benzene rings is 2. The second kappa shape index (κ2) is 6.17. The number of methoxy groups -OCH3 is 1. The fourth-order valence-electron chi connectivity index (χ4n) is 1.59. The summed E-state index contributed by atoms with van der Waals surface area (Å²) in [4.78, 5) is 0. The van der Waals surface area contributed by atoms with Gasteiger partial charge in [0.05, 0.1) is 11.6 Å². The Morgan fingerprint density at radius 1 is 1.21 bits per heavy atom. The summed E-state index contributed by atoms with van der Waals surface area (Å²) in [5.74, 6) is 1.49. The fraction of sp³-hybridized carbons (Fsp3) is 0.143. The molecule has 0 atom stereocenters. The van der Waals surface area contributed by atoms with Crippen molar-refractivity contribution in [2.75, 3.05) is 12.8 Å². The van der Waals surface area contributed by atoms with E-state index in [1.165, 1.54) is 0 Å². The minimum atomic E-state index is 0.356. The highest BCUT2D eigenvalue weighted by molar-refractivity contribution is 9.10. The Balaban J connectivity index is 2.12. The molecule has 0 aliphatic rings. The molecule has 5 heteroatoms. The van der Waals surface area contributed by atoms with Gasteiger partial charge in [0.15, 0.2) is 0 Å². The normalized spacial score (nSPS) is 10.3. The van der Waals surface area contributed by atoms with Gasteiger partial charge in [-0.2, -0.15) is 0 Å². The monoisotopic (exact) mass is 341 g/mol. The van der Waals surface area contributed by atoms with Crippen LogP contribution in [0.5, 0.6) is 11.5 Å². The van der Waals surface area contributed by atoms with Crippen molar-refractivity contribution < 1.29 is 9.47 Å². The summed E-state index contributed by atoms with van der Waals surface area (Å²) in [5.41, 5.74) is 7.24. The first kappa shape index (κ1) is 14.0. The van der Waals surface area contributed by atoms with Gasteiger partial charge in [0.1, 0.15) is 18.1 Å². The van der Waals surface area contributed by atoms with E-state index < -0.39 is 0 Å². The third kappa shape index (κ3) is 3.55. The van der Waals surface area contributed by atoms with Crippen LogP contribution in [0.25, 0.3) is 0 Å². The summed E-state index contributed by atoms with van der Waals surface area (Å²) < 4.78 is 11.7. The molecule has 0 fully saturated rings. The molecule has 0 aliphatic carbocycles. The molecule has 0 saturated carbocycles. The maximum absolute atomic E-state index is 6.08. The van der Waals surface area contributed by atoms with Crippen LogP contribution < -0.4 is 15.2 Å². The van der Waals surface area contributed by atoms with Crippen LogP contribution in [0.2, 0.25) is 5.02 Å². The first-order valence-corrected chi connectivity index (χ1v) is 6.77. The molecule has 2 aromatic carbocycles. The standard InChI is InChI=1S/C14H13BrClNO2/c1-18-11-3-5-14(12(15)7-11)19-8-9-6-10(17)2-4-13(9)16/h2-7H,8,17H2,1H3. The number of hydrogen-bond donors (Lipinski definition) is 1. The highest BCUT2D eigenvalue weighted by Crippen LogP contribution is 2.30. The van der Waals surface area contributed by atoms with Crippen LogP contribution in [0.3, 0.4) is 0 Å². The molecule has 3 nitrogen and oxygen atoms in total. The zero-order chi connectivity index (χ0) is 13.8. The van der Waals surface area contributed by atoms with Crippen LogP contribution in [0.4, 0.5) is 5.69 Å². The molecule has 0 radical (unpaired) electrons. The summed E-state index contributed by atoms with van der Waals surface area (Å²) in [7, 11) is 1.62. The average molecular weight is 343 g/mol. The highest BCUT2D eigenvalue weighted by atomic mass is 79.9. The molecular weight excluding hydrogens is 330 g/mol. The van der Waals surface area contributed by atoms with E-state index in [4.69, 9.17) is 26.8 Å². The lowest BCUT2D eigenvalue weighted by Gasteiger charge is -2.11. The van der Waals surface area contributed by atoms with Crippen molar-refractivity contribution in [3.05, 3.63) is 51.5 Å². The van der Waals surface area contributed by atoms with Gasteiger partial charge in [-0.25, -0.2) is 0 Å².